The van der Waals surface area contributed by atoms with Crippen LogP contribution in [-0.4, -0.2) is 20.7 Å². The molecule has 1 atom stereocenters. The number of rotatable bonds is 5. The van der Waals surface area contributed by atoms with Crippen molar-refractivity contribution >= 4 is 46.0 Å². The number of anilines is 1. The van der Waals surface area contributed by atoms with E-state index < -0.39 is 0 Å². The third kappa shape index (κ3) is 3.40. The minimum absolute atomic E-state index is 0.128. The zero-order valence-electron chi connectivity index (χ0n) is 10.5. The lowest BCUT2D eigenvalue weighted by Gasteiger charge is -2.11. The van der Waals surface area contributed by atoms with E-state index in [-0.39, 0.29) is 18.4 Å². The molecule has 3 N–H and O–H groups in total. The molecular weight excluding hydrogens is 284 g/mol. The van der Waals surface area contributed by atoms with Crippen LogP contribution in [0.1, 0.15) is 26.2 Å². The van der Waals surface area contributed by atoms with Crippen molar-refractivity contribution in [3.05, 3.63) is 17.2 Å². The molecule has 7 heteroatoms. The number of aromatic nitrogens is 2. The Morgan fingerprint density at radius 1 is 1.53 bits per heavy atom. The molecule has 19 heavy (non-hydrogen) atoms. The van der Waals surface area contributed by atoms with Crippen LogP contribution in [0.15, 0.2) is 12.1 Å². The van der Waals surface area contributed by atoms with E-state index in [1.807, 2.05) is 6.92 Å². The zero-order valence-corrected chi connectivity index (χ0v) is 12.1. The Labute approximate surface area is 120 Å². The predicted molar refractivity (Wildman–Crippen MR) is 78.6 cm³/mol. The first-order chi connectivity index (χ1) is 9.11. The maximum absolute atomic E-state index is 11.9. The van der Waals surface area contributed by atoms with Crippen molar-refractivity contribution in [3.63, 3.8) is 0 Å². The largest absolute Gasteiger partial charge is 0.327 e. The number of hydrogen-bond donors (Lipinski definition) is 2. The van der Waals surface area contributed by atoms with Gasteiger partial charge in [-0.1, -0.05) is 24.9 Å². The number of fused-ring (bicyclic) bond motifs is 1. The third-order valence-corrected chi connectivity index (χ3v) is 3.61. The second-order valence-corrected chi connectivity index (χ2v) is 5.29. The van der Waals surface area contributed by atoms with E-state index in [2.05, 4.69) is 14.1 Å². The summed E-state index contributed by atoms with van der Waals surface area (Å²) in [6, 6.07) is 3.35. The summed E-state index contributed by atoms with van der Waals surface area (Å²) < 4.78 is 8.26. The number of nitrogens with one attached hydrogen (secondary N) is 1. The molecule has 102 valence electrons. The molecule has 1 unspecified atom stereocenters. The molecule has 2 aromatic rings. The van der Waals surface area contributed by atoms with Gasteiger partial charge in [0.25, 0.3) is 0 Å². The lowest BCUT2D eigenvalue weighted by molar-refractivity contribution is -0.116. The van der Waals surface area contributed by atoms with E-state index in [4.69, 9.17) is 17.3 Å². The van der Waals surface area contributed by atoms with E-state index in [9.17, 15) is 4.79 Å². The number of halogens is 1. The van der Waals surface area contributed by atoms with Gasteiger partial charge in [0.2, 0.25) is 5.91 Å². The fraction of sp³-hybridized carbons (Fsp3) is 0.417. The minimum Gasteiger partial charge on any atom is -0.327 e. The first-order valence-corrected chi connectivity index (χ1v) is 7.18. The smallest absolute Gasteiger partial charge is 0.226 e. The van der Waals surface area contributed by atoms with Crippen LogP contribution >= 0.6 is 23.3 Å². The number of nitrogens with two attached hydrogens (primary N) is 1. The third-order valence-electron chi connectivity index (χ3n) is 2.75. The van der Waals surface area contributed by atoms with Crippen molar-refractivity contribution in [1.82, 2.24) is 8.75 Å². The maximum Gasteiger partial charge on any atom is 0.226 e. The number of hydrogen-bond acceptors (Lipinski definition) is 5. The average molecular weight is 299 g/mol. The lowest BCUT2D eigenvalue weighted by Crippen LogP contribution is -2.27. The van der Waals surface area contributed by atoms with Crippen LogP contribution < -0.4 is 11.1 Å². The Hall–Kier alpha value is -1.24. The molecule has 1 aromatic carbocycles. The second kappa shape index (κ2) is 6.27. The van der Waals surface area contributed by atoms with Crippen molar-refractivity contribution in [2.75, 3.05) is 5.32 Å². The molecule has 0 fully saturated rings. The summed E-state index contributed by atoms with van der Waals surface area (Å²) in [5.74, 6) is -0.150. The van der Waals surface area contributed by atoms with Crippen molar-refractivity contribution in [2.45, 2.75) is 32.2 Å². The van der Waals surface area contributed by atoms with E-state index in [1.54, 1.807) is 12.1 Å². The first kappa shape index (κ1) is 14.2. The Morgan fingerprint density at radius 3 is 3.05 bits per heavy atom. The van der Waals surface area contributed by atoms with E-state index in [0.717, 1.165) is 30.1 Å². The summed E-state index contributed by atoms with van der Waals surface area (Å²) >= 11 is 7.18. The van der Waals surface area contributed by atoms with Crippen molar-refractivity contribution < 1.29 is 4.79 Å². The predicted octanol–water partition coefficient (Wildman–Crippen LogP) is 2.80. The molecule has 0 radical (unpaired) electrons. The monoisotopic (exact) mass is 298 g/mol. The molecule has 0 aliphatic rings. The van der Waals surface area contributed by atoms with Gasteiger partial charge in [0.05, 0.1) is 22.4 Å². The van der Waals surface area contributed by atoms with Gasteiger partial charge in [0.1, 0.15) is 11.0 Å². The van der Waals surface area contributed by atoms with Crippen molar-refractivity contribution in [1.29, 1.82) is 0 Å². The van der Waals surface area contributed by atoms with Gasteiger partial charge in [-0.3, -0.25) is 4.79 Å². The summed E-state index contributed by atoms with van der Waals surface area (Å²) in [5.41, 5.74) is 7.71. The van der Waals surface area contributed by atoms with Gasteiger partial charge in [-0.25, -0.2) is 0 Å². The zero-order chi connectivity index (χ0) is 13.8. The minimum atomic E-state index is -0.150. The highest BCUT2D eigenvalue weighted by Crippen LogP contribution is 2.30. The molecule has 0 saturated carbocycles. The normalized spacial score (nSPS) is 12.6. The Morgan fingerprint density at radius 2 is 2.32 bits per heavy atom. The molecule has 5 nitrogen and oxygen atoms in total. The van der Waals surface area contributed by atoms with Gasteiger partial charge < -0.3 is 11.1 Å². The van der Waals surface area contributed by atoms with Crippen LogP contribution in [-0.2, 0) is 4.79 Å². The molecular formula is C12H15ClN4OS. The van der Waals surface area contributed by atoms with Gasteiger partial charge in [-0.15, -0.1) is 0 Å². The first-order valence-electron chi connectivity index (χ1n) is 6.08. The quantitative estimate of drug-likeness (QED) is 0.889. The van der Waals surface area contributed by atoms with E-state index >= 15 is 0 Å². The standard InChI is InChI=1S/C12H15ClN4OS/c1-2-3-7(14)6-10(18)15-11-8(13)4-5-9-12(11)17-19-16-9/h4-5,7H,2-3,6,14H2,1H3,(H,15,18). The fourth-order valence-corrected chi connectivity index (χ4v) is 2.59. The van der Waals surface area contributed by atoms with Gasteiger partial charge in [-0.05, 0) is 18.6 Å². The highest BCUT2D eigenvalue weighted by molar-refractivity contribution is 7.00. The number of carbonyl (C=O) groups is 1. The Balaban J connectivity index is 2.14. The van der Waals surface area contributed by atoms with Crippen LogP contribution in [0.5, 0.6) is 0 Å². The van der Waals surface area contributed by atoms with Crippen LogP contribution in [0.4, 0.5) is 5.69 Å². The average Bonchev–Trinajstić information content (AvgIpc) is 2.81. The number of benzene rings is 1. The van der Waals surface area contributed by atoms with Crippen LogP contribution in [0, 0.1) is 0 Å². The van der Waals surface area contributed by atoms with Gasteiger partial charge in [-0.2, -0.15) is 8.75 Å². The molecule has 0 saturated heterocycles. The Bertz CT molecular complexity index is 586. The molecule has 0 bridgehead atoms. The summed E-state index contributed by atoms with van der Waals surface area (Å²) in [7, 11) is 0. The van der Waals surface area contributed by atoms with Gasteiger partial charge in [0.15, 0.2) is 0 Å². The number of amides is 1. The summed E-state index contributed by atoms with van der Waals surface area (Å²) in [4.78, 5) is 11.9. The van der Waals surface area contributed by atoms with Gasteiger partial charge >= 0.3 is 0 Å². The molecule has 1 amide bonds. The molecule has 1 aromatic heterocycles. The maximum atomic E-state index is 11.9. The number of nitrogens with zero attached hydrogens (tertiary/aromatic N) is 2. The fourth-order valence-electron chi connectivity index (χ4n) is 1.85. The molecule has 1 heterocycles. The molecule has 0 aliphatic heterocycles. The SMILES string of the molecule is CCCC(N)CC(=O)Nc1c(Cl)ccc2nsnc12. The molecule has 2 rings (SSSR count). The highest BCUT2D eigenvalue weighted by Gasteiger charge is 2.14. The summed E-state index contributed by atoms with van der Waals surface area (Å²) in [6.07, 6.45) is 2.06. The van der Waals surface area contributed by atoms with E-state index in [0.29, 0.717) is 16.2 Å². The van der Waals surface area contributed by atoms with Crippen LogP contribution in [0.2, 0.25) is 5.02 Å². The van der Waals surface area contributed by atoms with Crippen molar-refractivity contribution in [3.8, 4) is 0 Å². The number of carbonyl (C=O) groups excluding carboxylic acids is 1. The topological polar surface area (TPSA) is 80.9 Å². The Kier molecular flexibility index (Phi) is 4.68. The summed E-state index contributed by atoms with van der Waals surface area (Å²) in [6.45, 7) is 2.04. The second-order valence-electron chi connectivity index (χ2n) is 4.36. The van der Waals surface area contributed by atoms with Crippen LogP contribution in [0.25, 0.3) is 11.0 Å². The van der Waals surface area contributed by atoms with Gasteiger partial charge in [0, 0.05) is 12.5 Å². The summed E-state index contributed by atoms with van der Waals surface area (Å²) in [5, 5.41) is 3.24. The lowest BCUT2D eigenvalue weighted by atomic mass is 10.1. The molecule has 0 spiro atoms. The molecule has 0 aliphatic carbocycles. The van der Waals surface area contributed by atoms with Crippen LogP contribution in [0.3, 0.4) is 0 Å². The highest BCUT2D eigenvalue weighted by atomic mass is 35.5. The van der Waals surface area contributed by atoms with E-state index in [1.165, 1.54) is 0 Å². The van der Waals surface area contributed by atoms with Crippen molar-refractivity contribution in [2.24, 2.45) is 5.73 Å².